The summed E-state index contributed by atoms with van der Waals surface area (Å²) in [6, 6.07) is 0. The Balaban J connectivity index is 1.28. The molecule has 0 amide bonds. The van der Waals surface area contributed by atoms with Gasteiger partial charge in [0.1, 0.15) is 17.5 Å². The molecule has 1 aliphatic heterocycles. The number of carbonyl (C=O) groups excluding carboxylic acids is 2. The minimum atomic E-state index is -2.10. The number of hydrogen-bond donors (Lipinski definition) is 6. The van der Waals surface area contributed by atoms with Gasteiger partial charge in [0, 0.05) is 49.5 Å². The average Bonchev–Trinajstić information content (AvgIpc) is 3.46. The number of methoxy groups -OCH3 is 1. The van der Waals surface area contributed by atoms with Gasteiger partial charge in [-0.25, -0.2) is 4.79 Å². The number of hydrogen-bond acceptors (Lipinski definition) is 10. The van der Waals surface area contributed by atoms with Crippen LogP contribution in [-0.2, 0) is 19.1 Å². The van der Waals surface area contributed by atoms with E-state index in [1.54, 1.807) is 13.2 Å². The Bertz CT molecular complexity index is 1460. The molecule has 7 aliphatic carbocycles. The van der Waals surface area contributed by atoms with Gasteiger partial charge in [0.25, 0.3) is 0 Å². The fourth-order valence-corrected chi connectivity index (χ4v) is 14.3. The second-order valence-corrected chi connectivity index (χ2v) is 18.1. The summed E-state index contributed by atoms with van der Waals surface area (Å²) in [7, 11) is 1.68. The molecule has 8 aliphatic rings. The molecule has 0 radical (unpaired) electrons. The maximum absolute atomic E-state index is 13.8. The highest BCUT2D eigenvalue weighted by Gasteiger charge is 2.85. The van der Waals surface area contributed by atoms with Crippen LogP contribution in [0.5, 0.6) is 0 Å². The third-order valence-corrected chi connectivity index (χ3v) is 16.4. The zero-order chi connectivity index (χ0) is 35.5. The van der Waals surface area contributed by atoms with Crippen molar-refractivity contribution in [2.45, 2.75) is 132 Å². The molecule has 278 valence electrons. The zero-order valence-corrected chi connectivity index (χ0v) is 30.1. The summed E-state index contributed by atoms with van der Waals surface area (Å²) in [6.07, 6.45) is 9.21. The van der Waals surface area contributed by atoms with Gasteiger partial charge in [-0.15, -0.1) is 0 Å². The highest BCUT2D eigenvalue weighted by atomic mass is 16.6. The lowest BCUT2D eigenvalue weighted by atomic mass is 9.35. The first-order chi connectivity index (χ1) is 23.8. The number of fused-ring (bicyclic) bond motifs is 3. The van der Waals surface area contributed by atoms with E-state index >= 15 is 0 Å². The summed E-state index contributed by atoms with van der Waals surface area (Å²) < 4.78 is 11.5. The lowest BCUT2D eigenvalue weighted by Gasteiger charge is -2.73. The number of ether oxygens (including phenoxy) is 2. The molecule has 6 fully saturated rings. The lowest BCUT2D eigenvalue weighted by Crippen LogP contribution is -2.85. The summed E-state index contributed by atoms with van der Waals surface area (Å²) >= 11 is 0. The highest BCUT2D eigenvalue weighted by Crippen LogP contribution is 2.78. The van der Waals surface area contributed by atoms with Crippen molar-refractivity contribution in [3.63, 3.8) is 0 Å². The Hall–Kier alpha value is -1.66. The maximum Gasteiger partial charge on any atom is 0.332 e. The van der Waals surface area contributed by atoms with Crippen molar-refractivity contribution in [3.8, 4) is 0 Å². The molecule has 10 nitrogen and oxygen atoms in total. The van der Waals surface area contributed by atoms with Gasteiger partial charge in [0.2, 0.25) is 0 Å². The molecular formula is C40H59NO9. The molecule has 14 atom stereocenters. The predicted molar refractivity (Wildman–Crippen MR) is 183 cm³/mol. The number of esters is 1. The Kier molecular flexibility index (Phi) is 8.43. The molecule has 10 heteroatoms. The Morgan fingerprint density at radius 1 is 1.02 bits per heavy atom. The molecule has 8 rings (SSSR count). The molecule has 2 bridgehead atoms. The van der Waals surface area contributed by atoms with Crippen LogP contribution in [0.2, 0.25) is 0 Å². The molecule has 1 spiro atoms. The van der Waals surface area contributed by atoms with Gasteiger partial charge < -0.3 is 45.1 Å². The Morgan fingerprint density at radius 3 is 2.54 bits per heavy atom. The van der Waals surface area contributed by atoms with Crippen LogP contribution in [0.25, 0.3) is 0 Å². The quantitative estimate of drug-likeness (QED) is 0.0962. The van der Waals surface area contributed by atoms with Crippen molar-refractivity contribution in [2.24, 2.45) is 52.3 Å². The molecule has 0 aromatic carbocycles. The first-order valence-corrected chi connectivity index (χ1v) is 19.7. The fourth-order valence-electron chi connectivity index (χ4n) is 14.3. The van der Waals surface area contributed by atoms with Crippen molar-refractivity contribution >= 4 is 12.3 Å². The van der Waals surface area contributed by atoms with Gasteiger partial charge in [-0.1, -0.05) is 26.3 Å². The Labute approximate surface area is 296 Å². The van der Waals surface area contributed by atoms with Crippen LogP contribution in [0.1, 0.15) is 97.3 Å². The highest BCUT2D eigenvalue weighted by molar-refractivity contribution is 5.88. The van der Waals surface area contributed by atoms with Crippen molar-refractivity contribution in [1.29, 1.82) is 0 Å². The van der Waals surface area contributed by atoms with Crippen molar-refractivity contribution < 1.29 is 44.6 Å². The number of aliphatic hydroxyl groups excluding tert-OH is 2. The van der Waals surface area contributed by atoms with E-state index in [1.165, 1.54) is 0 Å². The minimum Gasteiger partial charge on any atom is -0.447 e. The first-order valence-electron chi connectivity index (χ1n) is 19.7. The number of aldehydes is 1. The first kappa shape index (κ1) is 35.4. The molecular weight excluding hydrogens is 638 g/mol. The number of nitrogens with one attached hydrogen (secondary N) is 1. The predicted octanol–water partition coefficient (Wildman–Crippen LogP) is 2.98. The van der Waals surface area contributed by atoms with Crippen LogP contribution in [-0.4, -0.2) is 99.2 Å². The van der Waals surface area contributed by atoms with Crippen LogP contribution in [0.3, 0.4) is 0 Å². The molecule has 0 aromatic rings. The topological polar surface area (TPSA) is 166 Å². The molecule has 1 heterocycles. The molecule has 0 aromatic heterocycles. The third-order valence-electron chi connectivity index (χ3n) is 16.4. The fraction of sp³-hybridized carbons (Fsp3) is 0.850. The number of carbonyl (C=O) groups is 2. The lowest BCUT2D eigenvalue weighted by molar-refractivity contribution is -0.375. The second-order valence-electron chi connectivity index (χ2n) is 18.1. The minimum absolute atomic E-state index is 0.107. The molecule has 50 heavy (non-hydrogen) atoms. The maximum atomic E-state index is 13.8. The van der Waals surface area contributed by atoms with Crippen molar-refractivity contribution in [3.05, 3.63) is 23.3 Å². The van der Waals surface area contributed by atoms with E-state index in [9.17, 15) is 35.1 Å². The summed E-state index contributed by atoms with van der Waals surface area (Å²) in [4.78, 5) is 27.1. The third kappa shape index (κ3) is 4.16. The van der Waals surface area contributed by atoms with E-state index < -0.39 is 63.2 Å². The average molecular weight is 698 g/mol. The zero-order valence-electron chi connectivity index (χ0n) is 30.1. The van der Waals surface area contributed by atoms with Gasteiger partial charge in [-0.2, -0.15) is 0 Å². The van der Waals surface area contributed by atoms with E-state index in [2.05, 4.69) is 25.2 Å². The smallest absolute Gasteiger partial charge is 0.332 e. The van der Waals surface area contributed by atoms with Crippen LogP contribution in [0.4, 0.5) is 0 Å². The van der Waals surface area contributed by atoms with Gasteiger partial charge in [-0.3, -0.25) is 0 Å². The largest absolute Gasteiger partial charge is 0.447 e. The summed E-state index contributed by atoms with van der Waals surface area (Å²) in [5.41, 5.74) is -6.97. The standard InChI is InChI=1S/C40H59NO9/c1-23(2)24-7-8-27-30(43)9-13-36(22-42)31-10-14-35-11-4-5-12-37-26(21-41-15-6-16-49-3)17-25(33(35)28(37)19-32(44)50-37)20-38(35,46)40(31,48)34(45)29(18-24)39(27,36)47/h17,19,22-25,27,29-31,33-34,41,43,45-48H,4-16,18,20-21H2,1-3H3/t24-,25+,27+,29-,30+,31-,33-,34-,35-,36+,37-,38-,39-,40-/m1/s1. The SMILES string of the molecule is COCCCNCC1=C[C@H]2C[C@@]3(O)[C@]4(CCCC[C@@]15OC(=O)C=C5[C@@H]24)CC[C@H]1[C@@]3(O)[C@H](O)[C@H]2C[C@H](C(C)C)CC[C@H]3[C@@H](O)CC[C@@]1(C=O)[C@]23O. The van der Waals surface area contributed by atoms with Crippen LogP contribution in [0, 0.1) is 52.3 Å². The van der Waals surface area contributed by atoms with Crippen LogP contribution < -0.4 is 5.32 Å². The number of rotatable bonds is 8. The van der Waals surface area contributed by atoms with Crippen LogP contribution >= 0.6 is 0 Å². The Morgan fingerprint density at radius 2 is 1.80 bits per heavy atom. The van der Waals surface area contributed by atoms with E-state index in [0.717, 1.165) is 49.7 Å². The summed E-state index contributed by atoms with van der Waals surface area (Å²) in [5, 5.41) is 68.3. The van der Waals surface area contributed by atoms with Gasteiger partial charge in [0.15, 0.2) is 5.60 Å². The second kappa shape index (κ2) is 11.9. The van der Waals surface area contributed by atoms with E-state index in [-0.39, 0.29) is 42.5 Å². The van der Waals surface area contributed by atoms with Gasteiger partial charge >= 0.3 is 5.97 Å². The monoisotopic (exact) mass is 697 g/mol. The number of aliphatic hydroxyl groups is 5. The van der Waals surface area contributed by atoms with Gasteiger partial charge in [0.05, 0.1) is 23.2 Å². The van der Waals surface area contributed by atoms with Crippen molar-refractivity contribution in [2.75, 3.05) is 26.8 Å². The number of allylic oxidation sites excluding steroid dienone is 1. The molecule has 0 saturated heterocycles. The molecule has 0 unspecified atom stereocenters. The van der Waals surface area contributed by atoms with E-state index in [0.29, 0.717) is 58.1 Å². The molecule has 6 N–H and O–H groups in total. The van der Waals surface area contributed by atoms with Crippen molar-refractivity contribution in [1.82, 2.24) is 5.32 Å². The van der Waals surface area contributed by atoms with E-state index in [4.69, 9.17) is 9.47 Å². The normalized spacial score (nSPS) is 51.9. The summed E-state index contributed by atoms with van der Waals surface area (Å²) in [6.45, 7) is 6.13. The van der Waals surface area contributed by atoms with E-state index in [1.807, 2.05) is 0 Å². The van der Waals surface area contributed by atoms with Gasteiger partial charge in [-0.05, 0) is 118 Å². The molecule has 6 saturated carbocycles. The van der Waals surface area contributed by atoms with Crippen LogP contribution in [0.15, 0.2) is 23.3 Å². The summed E-state index contributed by atoms with van der Waals surface area (Å²) in [5.74, 6) is -2.95.